The number of guanidine groups is 1. The Labute approximate surface area is 150 Å². The largest absolute Gasteiger partial charge is 0.359 e. The zero-order valence-corrected chi connectivity index (χ0v) is 16.5. The third-order valence-corrected chi connectivity index (χ3v) is 3.97. The van der Waals surface area contributed by atoms with E-state index in [-0.39, 0.29) is 24.0 Å². The minimum Gasteiger partial charge on any atom is -0.359 e. The second kappa shape index (κ2) is 9.37. The first-order chi connectivity index (χ1) is 10.1. The fourth-order valence-electron chi connectivity index (χ4n) is 2.47. The van der Waals surface area contributed by atoms with Crippen molar-refractivity contribution in [2.45, 2.75) is 53.0 Å². The first-order valence-electron chi connectivity index (χ1n) is 8.08. The molecule has 1 aliphatic heterocycles. The fourth-order valence-corrected chi connectivity index (χ4v) is 2.47. The van der Waals surface area contributed by atoms with Crippen molar-refractivity contribution in [3.63, 3.8) is 0 Å². The number of hydrogen-bond donors (Lipinski definition) is 1. The second-order valence-electron chi connectivity index (χ2n) is 6.21. The smallest absolute Gasteiger partial charge is 0.194 e. The average Bonchev–Trinajstić information content (AvgIpc) is 2.93. The number of halogens is 1. The molecule has 2 rings (SSSR count). The van der Waals surface area contributed by atoms with Crippen molar-refractivity contribution in [2.24, 2.45) is 10.9 Å². The van der Waals surface area contributed by atoms with Crippen LogP contribution < -0.4 is 5.32 Å². The van der Waals surface area contributed by atoms with Gasteiger partial charge < -0.3 is 14.7 Å². The lowest BCUT2D eigenvalue weighted by Crippen LogP contribution is -2.45. The Morgan fingerprint density at radius 3 is 2.68 bits per heavy atom. The zero-order valence-electron chi connectivity index (χ0n) is 14.1. The maximum absolute atomic E-state index is 5.36. The highest BCUT2D eigenvalue weighted by Gasteiger charge is 2.18. The molecule has 1 aliphatic rings. The summed E-state index contributed by atoms with van der Waals surface area (Å²) in [6.45, 7) is 12.3. The van der Waals surface area contributed by atoms with E-state index in [1.807, 2.05) is 6.07 Å². The van der Waals surface area contributed by atoms with Crippen molar-refractivity contribution in [1.82, 2.24) is 15.4 Å². The molecular weight excluding hydrogens is 391 g/mol. The summed E-state index contributed by atoms with van der Waals surface area (Å²) in [5.74, 6) is 3.04. The van der Waals surface area contributed by atoms with Gasteiger partial charge in [-0.15, -0.1) is 24.0 Å². The molecule has 1 aromatic heterocycles. The van der Waals surface area contributed by atoms with E-state index >= 15 is 0 Å². The van der Waals surface area contributed by atoms with E-state index in [9.17, 15) is 0 Å². The summed E-state index contributed by atoms with van der Waals surface area (Å²) in [6, 6.07) is 2.01. The molecule has 22 heavy (non-hydrogen) atoms. The first-order valence-corrected chi connectivity index (χ1v) is 8.08. The maximum Gasteiger partial charge on any atom is 0.194 e. The van der Waals surface area contributed by atoms with Crippen molar-refractivity contribution < 1.29 is 4.52 Å². The Hall–Kier alpha value is -0.790. The van der Waals surface area contributed by atoms with E-state index in [1.165, 1.54) is 12.8 Å². The molecular formula is C16H29IN4O. The van der Waals surface area contributed by atoms with Crippen LogP contribution in [-0.2, 0) is 6.54 Å². The summed E-state index contributed by atoms with van der Waals surface area (Å²) >= 11 is 0. The summed E-state index contributed by atoms with van der Waals surface area (Å²) in [5.41, 5.74) is 0.997. The van der Waals surface area contributed by atoms with Crippen LogP contribution in [0.2, 0.25) is 0 Å². The number of rotatable bonds is 4. The lowest BCUT2D eigenvalue weighted by atomic mass is 10.00. The van der Waals surface area contributed by atoms with Crippen LogP contribution in [0.25, 0.3) is 0 Å². The first kappa shape index (κ1) is 19.3. The van der Waals surface area contributed by atoms with Gasteiger partial charge in [0.15, 0.2) is 11.7 Å². The summed E-state index contributed by atoms with van der Waals surface area (Å²) < 4.78 is 5.36. The van der Waals surface area contributed by atoms with Gasteiger partial charge in [-0.05, 0) is 31.6 Å². The van der Waals surface area contributed by atoms with Crippen LogP contribution in [-0.4, -0.2) is 35.7 Å². The predicted octanol–water partition coefficient (Wildman–Crippen LogP) is 3.61. The molecule has 0 unspecified atom stereocenters. The molecule has 0 radical (unpaired) electrons. The van der Waals surface area contributed by atoms with Crippen LogP contribution in [0.4, 0.5) is 0 Å². The standard InChI is InChI=1S/C16H28N4O.HI/c1-5-17-16(20-8-6-13(4)7-9-20)18-11-14-10-15(12(2)3)19-21-14;/h10,12-13H,5-9,11H2,1-4H3,(H,17,18);1H. The van der Waals surface area contributed by atoms with Gasteiger partial charge in [0.05, 0.1) is 5.69 Å². The quantitative estimate of drug-likeness (QED) is 0.460. The minimum atomic E-state index is 0. The molecule has 0 atom stereocenters. The van der Waals surface area contributed by atoms with Crippen LogP contribution in [0, 0.1) is 5.92 Å². The monoisotopic (exact) mass is 420 g/mol. The molecule has 0 saturated carbocycles. The van der Waals surface area contributed by atoms with Gasteiger partial charge >= 0.3 is 0 Å². The lowest BCUT2D eigenvalue weighted by molar-refractivity contribution is 0.273. The molecule has 0 bridgehead atoms. The summed E-state index contributed by atoms with van der Waals surface area (Å²) in [7, 11) is 0. The normalized spacial score (nSPS) is 16.8. The van der Waals surface area contributed by atoms with E-state index < -0.39 is 0 Å². The number of likely N-dealkylation sites (tertiary alicyclic amines) is 1. The van der Waals surface area contributed by atoms with Gasteiger partial charge in [-0.1, -0.05) is 25.9 Å². The molecule has 1 aromatic rings. The molecule has 1 saturated heterocycles. The van der Waals surface area contributed by atoms with Gasteiger partial charge in [-0.3, -0.25) is 0 Å². The van der Waals surface area contributed by atoms with Crippen LogP contribution in [0.5, 0.6) is 0 Å². The molecule has 1 fully saturated rings. The third kappa shape index (κ3) is 5.44. The molecule has 0 spiro atoms. The fraction of sp³-hybridized carbons (Fsp3) is 0.750. The number of piperidine rings is 1. The van der Waals surface area contributed by atoms with Crippen molar-refractivity contribution in [3.8, 4) is 0 Å². The third-order valence-electron chi connectivity index (χ3n) is 3.97. The van der Waals surface area contributed by atoms with E-state index in [2.05, 4.69) is 43.1 Å². The number of nitrogens with zero attached hydrogens (tertiary/aromatic N) is 3. The molecule has 0 aromatic carbocycles. The highest BCUT2D eigenvalue weighted by molar-refractivity contribution is 14.0. The molecule has 2 heterocycles. The topological polar surface area (TPSA) is 53.7 Å². The molecule has 126 valence electrons. The summed E-state index contributed by atoms with van der Waals surface area (Å²) in [6.07, 6.45) is 2.48. The average molecular weight is 420 g/mol. The summed E-state index contributed by atoms with van der Waals surface area (Å²) in [4.78, 5) is 7.05. The van der Waals surface area contributed by atoms with Gasteiger partial charge in [0.25, 0.3) is 0 Å². The van der Waals surface area contributed by atoms with Crippen molar-refractivity contribution in [2.75, 3.05) is 19.6 Å². The highest BCUT2D eigenvalue weighted by atomic mass is 127. The zero-order chi connectivity index (χ0) is 15.2. The predicted molar refractivity (Wildman–Crippen MR) is 101 cm³/mol. The number of hydrogen-bond acceptors (Lipinski definition) is 3. The van der Waals surface area contributed by atoms with E-state index in [0.717, 1.165) is 43.0 Å². The van der Waals surface area contributed by atoms with E-state index in [1.54, 1.807) is 0 Å². The van der Waals surface area contributed by atoms with Gasteiger partial charge in [0.1, 0.15) is 6.54 Å². The summed E-state index contributed by atoms with van der Waals surface area (Å²) in [5, 5.41) is 7.46. The lowest BCUT2D eigenvalue weighted by Gasteiger charge is -2.32. The molecule has 1 N–H and O–H groups in total. The van der Waals surface area contributed by atoms with Crippen molar-refractivity contribution in [1.29, 1.82) is 0 Å². The highest BCUT2D eigenvalue weighted by Crippen LogP contribution is 2.17. The van der Waals surface area contributed by atoms with Gasteiger partial charge in [0.2, 0.25) is 0 Å². The van der Waals surface area contributed by atoms with E-state index in [4.69, 9.17) is 9.52 Å². The van der Waals surface area contributed by atoms with Crippen LogP contribution in [0.3, 0.4) is 0 Å². The molecule has 0 amide bonds. The SMILES string of the molecule is CCNC(=NCc1cc(C(C)C)no1)N1CCC(C)CC1.I. The Bertz CT molecular complexity index is 464. The number of aromatic nitrogens is 1. The Morgan fingerprint density at radius 2 is 2.14 bits per heavy atom. The Kier molecular flexibility index (Phi) is 8.20. The van der Waals surface area contributed by atoms with Gasteiger partial charge in [-0.25, -0.2) is 4.99 Å². The second-order valence-corrected chi connectivity index (χ2v) is 6.21. The minimum absolute atomic E-state index is 0. The van der Waals surface area contributed by atoms with Crippen LogP contribution in [0.1, 0.15) is 57.9 Å². The number of aliphatic imine (C=N–C) groups is 1. The van der Waals surface area contributed by atoms with Crippen LogP contribution >= 0.6 is 24.0 Å². The Morgan fingerprint density at radius 1 is 1.45 bits per heavy atom. The van der Waals surface area contributed by atoms with Crippen molar-refractivity contribution in [3.05, 3.63) is 17.5 Å². The molecule has 0 aliphatic carbocycles. The van der Waals surface area contributed by atoms with Crippen LogP contribution in [0.15, 0.2) is 15.6 Å². The van der Waals surface area contributed by atoms with Gasteiger partial charge in [-0.2, -0.15) is 0 Å². The molecule has 5 nitrogen and oxygen atoms in total. The molecule has 6 heteroatoms. The van der Waals surface area contributed by atoms with Gasteiger partial charge in [0, 0.05) is 25.7 Å². The van der Waals surface area contributed by atoms with E-state index in [0.29, 0.717) is 12.5 Å². The number of nitrogens with one attached hydrogen (secondary N) is 1. The maximum atomic E-state index is 5.36. The van der Waals surface area contributed by atoms with Crippen molar-refractivity contribution >= 4 is 29.9 Å². The Balaban J connectivity index is 0.00000242.